The van der Waals surface area contributed by atoms with E-state index in [0.717, 1.165) is 22.3 Å². The van der Waals surface area contributed by atoms with Crippen LogP contribution in [0.4, 0.5) is 0 Å². The van der Waals surface area contributed by atoms with Crippen LogP contribution < -0.4 is 39.1 Å². The quantitative estimate of drug-likeness (QED) is 0.154. The van der Waals surface area contributed by atoms with Crippen LogP contribution in [0.15, 0.2) is 170 Å². The normalized spacial score (nSPS) is 22.6. The van der Waals surface area contributed by atoms with Gasteiger partial charge in [-0.1, -0.05) is 121 Å². The first-order chi connectivity index (χ1) is 37.0. The van der Waals surface area contributed by atoms with Crippen molar-refractivity contribution < 1.29 is 47.6 Å². The number of hydrogen-bond acceptors (Lipinski definition) is 10. The Morgan fingerprint density at radius 2 is 0.803 bits per heavy atom. The third kappa shape index (κ3) is 12.9. The zero-order valence-electron chi connectivity index (χ0n) is 43.3. The van der Waals surface area contributed by atoms with Crippen LogP contribution in [-0.2, 0) is 22.4 Å². The van der Waals surface area contributed by atoms with Crippen LogP contribution in [0.3, 0.4) is 0 Å². The number of ether oxygens (including phenoxy) is 6. The highest BCUT2D eigenvalue weighted by Gasteiger charge is 2.34. The molecular weight excluding hydrogens is 961 g/mol. The minimum atomic E-state index is -0.737. The summed E-state index contributed by atoms with van der Waals surface area (Å²) in [5, 5.41) is 6.45. The lowest BCUT2D eigenvalue weighted by atomic mass is 9.99. The van der Waals surface area contributed by atoms with Crippen LogP contribution in [0.1, 0.15) is 94.6 Å². The molecule has 14 heteroatoms. The van der Waals surface area contributed by atoms with Crippen molar-refractivity contribution in [2.75, 3.05) is 27.7 Å². The van der Waals surface area contributed by atoms with Crippen molar-refractivity contribution in [1.29, 1.82) is 0 Å². The van der Waals surface area contributed by atoms with Crippen molar-refractivity contribution in [2.24, 2.45) is 0 Å². The highest BCUT2D eigenvalue weighted by Crippen LogP contribution is 2.37. The molecule has 0 aliphatic carbocycles. The number of carbonyl (C=O) groups is 4. The van der Waals surface area contributed by atoms with Crippen molar-refractivity contribution in [3.8, 4) is 34.5 Å². The van der Waals surface area contributed by atoms with Gasteiger partial charge in [0.05, 0.1) is 35.4 Å². The lowest BCUT2D eigenvalue weighted by Gasteiger charge is -2.30. The lowest BCUT2D eigenvalue weighted by molar-refractivity contribution is -0.126. The molecule has 4 amide bonds. The van der Waals surface area contributed by atoms with Gasteiger partial charge in [0.15, 0.2) is 23.0 Å². The molecule has 4 aliphatic rings. The average molecular weight is 1030 g/mol. The van der Waals surface area contributed by atoms with E-state index in [1.54, 1.807) is 38.4 Å². The Kier molecular flexibility index (Phi) is 17.0. The van der Waals surface area contributed by atoms with E-state index in [0.29, 0.717) is 84.1 Å². The number of hydrogen-bond donors (Lipinski definition) is 2. The van der Waals surface area contributed by atoms with Gasteiger partial charge in [-0.3, -0.25) is 19.2 Å². The molecule has 0 aromatic heterocycles. The summed E-state index contributed by atoms with van der Waals surface area (Å²) >= 11 is 0. The molecule has 0 radical (unpaired) electrons. The molecule has 6 atom stereocenters. The summed E-state index contributed by atoms with van der Waals surface area (Å²) in [6, 6.07) is 43.2. The van der Waals surface area contributed by atoms with Gasteiger partial charge in [0.1, 0.15) is 23.6 Å². The number of rotatable bonds is 6. The van der Waals surface area contributed by atoms with Gasteiger partial charge in [0.2, 0.25) is 25.4 Å². The maximum Gasteiger partial charge on any atom is 0.258 e. The first-order valence-electron chi connectivity index (χ1n) is 25.8. The average Bonchev–Trinajstić information content (AvgIpc) is 4.13. The molecule has 6 aromatic rings. The van der Waals surface area contributed by atoms with Crippen molar-refractivity contribution >= 4 is 23.6 Å². The van der Waals surface area contributed by atoms with Gasteiger partial charge in [-0.25, -0.2) is 0 Å². The largest absolute Gasteiger partial charge is 0.490 e. The molecule has 2 N–H and O–H groups in total. The summed E-state index contributed by atoms with van der Waals surface area (Å²) in [5.41, 5.74) is 4.60. The maximum atomic E-state index is 13.9. The third-order valence-corrected chi connectivity index (χ3v) is 13.9. The SMILES string of the molecule is C[C@H]1C/C=C/C[C@H](c2ccc3c(c2)OCO3)NC(=O)[C@H](Cc2ccccc2)N(C)C(=O)c2ccccc2O1.C[C@H]1C/C=C\C[C@H](c2ccc3c(c2)OCO3)NC(=O)[C@H](Cc2ccccc2)N(C)C(=O)c2ccccc2O1. The monoisotopic (exact) mass is 1020 g/mol. The molecule has 0 bridgehead atoms. The Labute approximate surface area is 444 Å². The van der Waals surface area contributed by atoms with E-state index >= 15 is 0 Å². The molecule has 4 aliphatic heterocycles. The summed E-state index contributed by atoms with van der Waals surface area (Å²) in [4.78, 5) is 58.4. The molecule has 4 heterocycles. The van der Waals surface area contributed by atoms with Gasteiger partial charge in [-0.2, -0.15) is 0 Å². The van der Waals surface area contributed by atoms with Gasteiger partial charge in [0, 0.05) is 39.8 Å². The van der Waals surface area contributed by atoms with E-state index in [-0.39, 0.29) is 61.5 Å². The summed E-state index contributed by atoms with van der Waals surface area (Å²) in [6.45, 7) is 4.33. The smallest absolute Gasteiger partial charge is 0.258 e. The Bertz CT molecular complexity index is 2850. The molecule has 10 rings (SSSR count). The summed E-state index contributed by atoms with van der Waals surface area (Å²) in [7, 11) is 3.36. The number of fused-ring (bicyclic) bond motifs is 4. The first kappa shape index (κ1) is 52.3. The zero-order chi connectivity index (χ0) is 53.0. The molecular formula is C62H64N4O10. The van der Waals surface area contributed by atoms with Crippen LogP contribution in [-0.4, -0.2) is 85.4 Å². The molecule has 76 heavy (non-hydrogen) atoms. The number of likely N-dealkylation sites (N-methyl/N-ethyl adjacent to an activating group) is 2. The maximum absolute atomic E-state index is 13.9. The number of amides is 4. The van der Waals surface area contributed by atoms with Gasteiger partial charge < -0.3 is 48.9 Å². The summed E-state index contributed by atoms with van der Waals surface area (Å²) < 4.78 is 34.4. The Morgan fingerprint density at radius 1 is 0.434 bits per heavy atom. The van der Waals surface area contributed by atoms with E-state index < -0.39 is 12.1 Å². The number of nitrogens with one attached hydrogen (secondary N) is 2. The Morgan fingerprint density at radius 3 is 1.22 bits per heavy atom. The number of para-hydroxylation sites is 2. The number of nitrogens with zero attached hydrogens (tertiary/aromatic N) is 2. The predicted molar refractivity (Wildman–Crippen MR) is 289 cm³/mol. The third-order valence-electron chi connectivity index (χ3n) is 13.9. The molecule has 0 saturated carbocycles. The van der Waals surface area contributed by atoms with Crippen molar-refractivity contribution in [2.45, 2.75) is 88.7 Å². The molecule has 392 valence electrons. The second-order valence-electron chi connectivity index (χ2n) is 19.3. The van der Waals surface area contributed by atoms with E-state index in [9.17, 15) is 19.2 Å². The lowest BCUT2D eigenvalue weighted by Crippen LogP contribution is -2.49. The topological polar surface area (TPSA) is 154 Å². The van der Waals surface area contributed by atoms with Crippen LogP contribution in [0, 0.1) is 0 Å². The molecule has 14 nitrogen and oxygen atoms in total. The van der Waals surface area contributed by atoms with Crippen molar-refractivity contribution in [1.82, 2.24) is 20.4 Å². The Hall–Kier alpha value is -8.52. The van der Waals surface area contributed by atoms with E-state index in [4.69, 9.17) is 28.4 Å². The van der Waals surface area contributed by atoms with Crippen molar-refractivity contribution in [3.05, 3.63) is 203 Å². The molecule has 0 saturated heterocycles. The second-order valence-corrected chi connectivity index (χ2v) is 19.3. The highest BCUT2D eigenvalue weighted by atomic mass is 16.7. The fourth-order valence-corrected chi connectivity index (χ4v) is 9.56. The minimum Gasteiger partial charge on any atom is -0.490 e. The van der Waals surface area contributed by atoms with Gasteiger partial charge in [-0.15, -0.1) is 0 Å². The van der Waals surface area contributed by atoms with Gasteiger partial charge >= 0.3 is 0 Å². The number of carbonyl (C=O) groups excluding carboxylic acids is 4. The zero-order valence-corrected chi connectivity index (χ0v) is 43.3. The second kappa shape index (κ2) is 24.7. The fourth-order valence-electron chi connectivity index (χ4n) is 9.56. The Balaban J connectivity index is 0.000000186. The van der Waals surface area contributed by atoms with Gasteiger partial charge in [-0.05, 0) is 97.5 Å². The van der Waals surface area contributed by atoms with Crippen molar-refractivity contribution in [3.63, 3.8) is 0 Å². The van der Waals surface area contributed by atoms with Crippen LogP contribution in [0.2, 0.25) is 0 Å². The molecule has 6 aromatic carbocycles. The molecule has 0 unspecified atom stereocenters. The van der Waals surface area contributed by atoms with Crippen LogP contribution >= 0.6 is 0 Å². The molecule has 0 spiro atoms. The van der Waals surface area contributed by atoms with E-state index in [1.165, 1.54) is 9.80 Å². The standard InChI is InChI=1S/2C31H32N2O5/c2*1-21-10-6-8-14-25(23-16-17-28-29(19-23)37-20-36-28)32-30(34)26(18-22-11-4-3-5-12-22)33(2)31(35)24-13-7-9-15-27(24)38-21/h2*3-9,11-13,15-17,19,21,25-26H,10,14,18,20H2,1-2H3,(H,32,34)/b8-6+;8-6-/t2*21-,25+,26-/m00/s1. The van der Waals surface area contributed by atoms with Crippen LogP contribution in [0.5, 0.6) is 34.5 Å². The predicted octanol–water partition coefficient (Wildman–Crippen LogP) is 10.1. The van der Waals surface area contributed by atoms with Crippen LogP contribution in [0.25, 0.3) is 0 Å². The van der Waals surface area contributed by atoms with E-state index in [1.807, 2.05) is 135 Å². The summed E-state index contributed by atoms with van der Waals surface area (Å²) in [5.74, 6) is 2.72. The van der Waals surface area contributed by atoms with Gasteiger partial charge in [0.25, 0.3) is 11.8 Å². The fraction of sp³-hybridized carbons (Fsp3) is 0.290. The highest BCUT2D eigenvalue weighted by molar-refractivity contribution is 6.00. The summed E-state index contributed by atoms with van der Waals surface area (Å²) in [6.07, 6.45) is 11.2. The molecule has 0 fully saturated rings. The number of benzene rings is 6. The van der Waals surface area contributed by atoms with E-state index in [2.05, 4.69) is 34.9 Å². The first-order valence-corrected chi connectivity index (χ1v) is 25.8. The minimum absolute atomic E-state index is 0.132.